The zero-order chi connectivity index (χ0) is 12.3. The van der Waals surface area contributed by atoms with Crippen molar-refractivity contribution in [2.75, 3.05) is 13.1 Å². The predicted molar refractivity (Wildman–Crippen MR) is 70.6 cm³/mol. The molecule has 1 aliphatic carbocycles. The van der Waals surface area contributed by atoms with E-state index in [1.807, 2.05) is 11.0 Å². The van der Waals surface area contributed by atoms with E-state index >= 15 is 0 Å². The quantitative estimate of drug-likeness (QED) is 0.817. The highest BCUT2D eigenvalue weighted by molar-refractivity contribution is 5.98. The Hall–Kier alpha value is -1.77. The third-order valence-corrected chi connectivity index (χ3v) is 4.31. The van der Waals surface area contributed by atoms with Gasteiger partial charge in [-0.2, -0.15) is 0 Å². The first-order valence-corrected chi connectivity index (χ1v) is 6.54. The second-order valence-electron chi connectivity index (χ2n) is 5.93. The van der Waals surface area contributed by atoms with E-state index in [2.05, 4.69) is 30.1 Å². The smallest absolute Gasteiger partial charge is 0.270 e. The number of hydrogen-bond donors (Lipinski definition) is 1. The Morgan fingerprint density at radius 1 is 1.28 bits per heavy atom. The van der Waals surface area contributed by atoms with E-state index in [1.54, 1.807) is 0 Å². The number of H-pyrrole nitrogens is 1. The number of rotatable bonds is 1. The molecule has 0 unspecified atom stereocenters. The summed E-state index contributed by atoms with van der Waals surface area (Å²) in [5.74, 6) is 0.154. The molecular formula is C15H16N2O. The highest BCUT2D eigenvalue weighted by atomic mass is 16.2. The van der Waals surface area contributed by atoms with Crippen molar-refractivity contribution in [3.8, 4) is 0 Å². The molecule has 1 N–H and O–H groups in total. The Kier molecular flexibility index (Phi) is 1.79. The maximum atomic E-state index is 12.3. The fourth-order valence-corrected chi connectivity index (χ4v) is 2.93. The molecule has 1 aromatic heterocycles. The lowest BCUT2D eigenvalue weighted by Crippen LogP contribution is -2.51. The predicted octanol–water partition coefficient (Wildman–Crippen LogP) is 2.71. The Labute approximate surface area is 106 Å². The third-order valence-electron chi connectivity index (χ3n) is 4.31. The van der Waals surface area contributed by atoms with Gasteiger partial charge in [-0.3, -0.25) is 4.79 Å². The molecule has 18 heavy (non-hydrogen) atoms. The van der Waals surface area contributed by atoms with Crippen LogP contribution in [0.5, 0.6) is 0 Å². The highest BCUT2D eigenvalue weighted by Gasteiger charge is 2.53. The Morgan fingerprint density at radius 3 is 2.78 bits per heavy atom. The number of fused-ring (bicyclic) bond motifs is 1. The van der Waals surface area contributed by atoms with Crippen LogP contribution in [0.15, 0.2) is 24.3 Å². The van der Waals surface area contributed by atoms with Crippen molar-refractivity contribution in [3.05, 3.63) is 35.5 Å². The summed E-state index contributed by atoms with van der Waals surface area (Å²) in [6, 6.07) is 8.20. The molecule has 0 atom stereocenters. The molecule has 1 saturated heterocycles. The first kappa shape index (κ1) is 10.2. The first-order chi connectivity index (χ1) is 8.65. The van der Waals surface area contributed by atoms with Gasteiger partial charge in [-0.05, 0) is 37.5 Å². The van der Waals surface area contributed by atoms with Gasteiger partial charge in [-0.25, -0.2) is 0 Å². The molecule has 1 spiro atoms. The molecule has 0 bridgehead atoms. The Bertz CT molecular complexity index is 644. The summed E-state index contributed by atoms with van der Waals surface area (Å²) in [4.78, 5) is 17.5. The number of likely N-dealkylation sites (tertiary alicyclic amines) is 1. The fraction of sp³-hybridized carbons (Fsp3) is 0.400. The van der Waals surface area contributed by atoms with Gasteiger partial charge in [0, 0.05) is 29.4 Å². The largest absolute Gasteiger partial charge is 0.351 e. The minimum Gasteiger partial charge on any atom is -0.351 e. The lowest BCUT2D eigenvalue weighted by Gasteiger charge is -2.39. The van der Waals surface area contributed by atoms with Crippen molar-refractivity contribution in [1.82, 2.24) is 9.88 Å². The summed E-state index contributed by atoms with van der Waals surface area (Å²) in [6.45, 7) is 3.98. The second kappa shape index (κ2) is 3.16. The van der Waals surface area contributed by atoms with Gasteiger partial charge in [0.25, 0.3) is 5.91 Å². The standard InChI is InChI=1S/C15H16N2O/c1-10-2-3-11-7-13(16-12(11)6-10)14(18)17-8-15(9-17)4-5-15/h2-3,6-7,16H,4-5,8-9H2,1H3. The molecule has 1 aromatic carbocycles. The van der Waals surface area contributed by atoms with Crippen molar-refractivity contribution >= 4 is 16.8 Å². The molecule has 1 amide bonds. The van der Waals surface area contributed by atoms with E-state index in [9.17, 15) is 4.79 Å². The van der Waals surface area contributed by atoms with Gasteiger partial charge in [0.05, 0.1) is 0 Å². The van der Waals surface area contributed by atoms with E-state index in [0.29, 0.717) is 5.41 Å². The number of benzene rings is 1. The zero-order valence-electron chi connectivity index (χ0n) is 10.5. The molecular weight excluding hydrogens is 224 g/mol. The van der Waals surface area contributed by atoms with Gasteiger partial charge < -0.3 is 9.88 Å². The molecule has 2 heterocycles. The SMILES string of the molecule is Cc1ccc2cc(C(=O)N3CC4(CC4)C3)[nH]c2c1. The summed E-state index contributed by atoms with van der Waals surface area (Å²) < 4.78 is 0. The maximum absolute atomic E-state index is 12.3. The average Bonchev–Trinajstić information content (AvgIpc) is 3.00. The van der Waals surface area contributed by atoms with E-state index in [4.69, 9.17) is 0 Å². The fourth-order valence-electron chi connectivity index (χ4n) is 2.93. The molecule has 3 nitrogen and oxygen atoms in total. The molecule has 3 heteroatoms. The second-order valence-corrected chi connectivity index (χ2v) is 5.93. The number of carbonyl (C=O) groups is 1. The molecule has 1 aliphatic heterocycles. The monoisotopic (exact) mass is 240 g/mol. The average molecular weight is 240 g/mol. The number of carbonyl (C=O) groups excluding carboxylic acids is 1. The minimum absolute atomic E-state index is 0.154. The molecule has 0 radical (unpaired) electrons. The van der Waals surface area contributed by atoms with Crippen molar-refractivity contribution in [3.63, 3.8) is 0 Å². The Balaban J connectivity index is 1.63. The number of nitrogens with zero attached hydrogens (tertiary/aromatic N) is 1. The van der Waals surface area contributed by atoms with Gasteiger partial charge >= 0.3 is 0 Å². The van der Waals surface area contributed by atoms with E-state index in [0.717, 1.165) is 29.7 Å². The highest BCUT2D eigenvalue weighted by Crippen LogP contribution is 2.53. The van der Waals surface area contributed by atoms with Crippen LogP contribution < -0.4 is 0 Å². The summed E-state index contributed by atoms with van der Waals surface area (Å²) >= 11 is 0. The maximum Gasteiger partial charge on any atom is 0.270 e. The van der Waals surface area contributed by atoms with Gasteiger partial charge in [0.15, 0.2) is 0 Å². The van der Waals surface area contributed by atoms with Crippen LogP contribution >= 0.6 is 0 Å². The molecule has 2 fully saturated rings. The van der Waals surface area contributed by atoms with E-state index < -0.39 is 0 Å². The lowest BCUT2D eigenvalue weighted by atomic mass is 9.96. The van der Waals surface area contributed by atoms with Crippen LogP contribution in [0.25, 0.3) is 10.9 Å². The minimum atomic E-state index is 0.154. The van der Waals surface area contributed by atoms with Crippen LogP contribution in [0.2, 0.25) is 0 Å². The van der Waals surface area contributed by atoms with Gasteiger partial charge in [0.2, 0.25) is 0 Å². The number of aromatic amines is 1. The molecule has 4 rings (SSSR count). The number of hydrogen-bond acceptors (Lipinski definition) is 1. The van der Waals surface area contributed by atoms with Crippen LogP contribution in [0.4, 0.5) is 0 Å². The van der Waals surface area contributed by atoms with Gasteiger partial charge in [-0.1, -0.05) is 12.1 Å². The summed E-state index contributed by atoms with van der Waals surface area (Å²) in [5.41, 5.74) is 3.52. The summed E-state index contributed by atoms with van der Waals surface area (Å²) in [5, 5.41) is 1.12. The van der Waals surface area contributed by atoms with E-state index in [1.165, 1.54) is 18.4 Å². The van der Waals surface area contributed by atoms with Crippen LogP contribution in [0, 0.1) is 12.3 Å². The van der Waals surface area contributed by atoms with Crippen molar-refractivity contribution in [1.29, 1.82) is 0 Å². The first-order valence-electron chi connectivity index (χ1n) is 6.54. The van der Waals surface area contributed by atoms with Crippen molar-refractivity contribution in [2.24, 2.45) is 5.41 Å². The van der Waals surface area contributed by atoms with Crippen LogP contribution in [0.3, 0.4) is 0 Å². The molecule has 1 saturated carbocycles. The summed E-state index contributed by atoms with van der Waals surface area (Å²) in [7, 11) is 0. The molecule has 2 aliphatic rings. The topological polar surface area (TPSA) is 36.1 Å². The summed E-state index contributed by atoms with van der Waals surface area (Å²) in [6.07, 6.45) is 2.62. The lowest BCUT2D eigenvalue weighted by molar-refractivity contribution is 0.0438. The van der Waals surface area contributed by atoms with Gasteiger partial charge in [-0.15, -0.1) is 0 Å². The van der Waals surface area contributed by atoms with Gasteiger partial charge in [0.1, 0.15) is 5.69 Å². The number of aryl methyl sites for hydroxylation is 1. The van der Waals surface area contributed by atoms with Crippen molar-refractivity contribution < 1.29 is 4.79 Å². The third kappa shape index (κ3) is 1.40. The Morgan fingerprint density at radius 2 is 2.06 bits per heavy atom. The van der Waals surface area contributed by atoms with Crippen LogP contribution in [-0.4, -0.2) is 28.9 Å². The molecule has 2 aromatic rings. The number of amides is 1. The van der Waals surface area contributed by atoms with E-state index in [-0.39, 0.29) is 5.91 Å². The van der Waals surface area contributed by atoms with Crippen LogP contribution in [0.1, 0.15) is 28.9 Å². The normalized spacial score (nSPS) is 20.2. The number of nitrogens with one attached hydrogen (secondary N) is 1. The number of aromatic nitrogens is 1. The van der Waals surface area contributed by atoms with Crippen LogP contribution in [-0.2, 0) is 0 Å². The van der Waals surface area contributed by atoms with Crippen molar-refractivity contribution in [2.45, 2.75) is 19.8 Å². The molecule has 92 valence electrons. The zero-order valence-corrected chi connectivity index (χ0v) is 10.5.